The van der Waals surface area contributed by atoms with Crippen LogP contribution >= 0.6 is 27.3 Å². The van der Waals surface area contributed by atoms with Gasteiger partial charge in [-0.25, -0.2) is 10.2 Å². The first-order chi connectivity index (χ1) is 6.24. The van der Waals surface area contributed by atoms with Crippen LogP contribution in [0, 0.1) is 0 Å². The monoisotopic (exact) mass is 262 g/mol. The van der Waals surface area contributed by atoms with E-state index < -0.39 is 6.09 Å². The summed E-state index contributed by atoms with van der Waals surface area (Å²) in [7, 11) is 1.28. The summed E-state index contributed by atoms with van der Waals surface area (Å²) in [6.07, 6.45) is 0.958. The van der Waals surface area contributed by atoms with Crippen LogP contribution in [0.3, 0.4) is 0 Å². The summed E-state index contributed by atoms with van der Waals surface area (Å²) >= 11 is 4.87. The molecule has 1 N–H and O–H groups in total. The quantitative estimate of drug-likeness (QED) is 0.656. The largest absolute Gasteiger partial charge is 0.452 e. The number of rotatable bonds is 2. The summed E-state index contributed by atoms with van der Waals surface area (Å²) < 4.78 is 5.28. The van der Waals surface area contributed by atoms with Crippen molar-refractivity contribution in [3.63, 3.8) is 0 Å². The Morgan fingerprint density at radius 3 is 3.08 bits per heavy atom. The molecule has 0 aliphatic heterocycles. The van der Waals surface area contributed by atoms with E-state index in [4.69, 9.17) is 0 Å². The first-order valence-corrected chi connectivity index (χ1v) is 5.06. The molecule has 1 rings (SSSR count). The van der Waals surface area contributed by atoms with Gasteiger partial charge in [0, 0.05) is 20.8 Å². The minimum atomic E-state index is -0.581. The zero-order chi connectivity index (χ0) is 9.68. The van der Waals surface area contributed by atoms with Crippen molar-refractivity contribution in [3.8, 4) is 0 Å². The van der Waals surface area contributed by atoms with Gasteiger partial charge < -0.3 is 4.74 Å². The minimum absolute atomic E-state index is 0.581. The predicted molar refractivity (Wildman–Crippen MR) is 55.2 cm³/mol. The van der Waals surface area contributed by atoms with Crippen molar-refractivity contribution in [2.75, 3.05) is 7.11 Å². The molecular weight excluding hydrogens is 256 g/mol. The van der Waals surface area contributed by atoms with E-state index in [9.17, 15) is 4.79 Å². The highest BCUT2D eigenvalue weighted by Gasteiger charge is 1.97. The molecule has 0 fully saturated rings. The SMILES string of the molecule is COC(=O)N/N=C/c1cscc1Br. The van der Waals surface area contributed by atoms with Crippen molar-refractivity contribution in [2.45, 2.75) is 0 Å². The van der Waals surface area contributed by atoms with Gasteiger partial charge >= 0.3 is 6.09 Å². The van der Waals surface area contributed by atoms with Crippen LogP contribution in [0.2, 0.25) is 0 Å². The average Bonchev–Trinajstić information content (AvgIpc) is 2.52. The van der Waals surface area contributed by atoms with Gasteiger partial charge in [-0.05, 0) is 15.9 Å². The Morgan fingerprint density at radius 1 is 1.77 bits per heavy atom. The van der Waals surface area contributed by atoms with Crippen LogP contribution in [0.15, 0.2) is 20.3 Å². The lowest BCUT2D eigenvalue weighted by atomic mass is 10.4. The highest BCUT2D eigenvalue weighted by Crippen LogP contribution is 2.18. The van der Waals surface area contributed by atoms with Crippen LogP contribution in [0.4, 0.5) is 4.79 Å². The Morgan fingerprint density at radius 2 is 2.54 bits per heavy atom. The molecule has 0 saturated heterocycles. The van der Waals surface area contributed by atoms with Crippen molar-refractivity contribution >= 4 is 39.6 Å². The smallest absolute Gasteiger partial charge is 0.427 e. The molecular formula is C7H7BrN2O2S. The fourth-order valence-corrected chi connectivity index (χ4v) is 1.93. The maximum Gasteiger partial charge on any atom is 0.427 e. The lowest BCUT2D eigenvalue weighted by Gasteiger charge is -1.94. The molecule has 0 bridgehead atoms. The summed E-state index contributed by atoms with van der Waals surface area (Å²) in [6, 6.07) is 0. The number of hydrogen-bond donors (Lipinski definition) is 1. The van der Waals surface area contributed by atoms with Gasteiger partial charge in [-0.15, -0.1) is 0 Å². The zero-order valence-electron chi connectivity index (χ0n) is 6.78. The van der Waals surface area contributed by atoms with E-state index in [0.717, 1.165) is 10.0 Å². The molecule has 0 spiro atoms. The summed E-state index contributed by atoms with van der Waals surface area (Å²) in [5.41, 5.74) is 3.11. The van der Waals surface area contributed by atoms with Gasteiger partial charge in [0.25, 0.3) is 0 Å². The Hall–Kier alpha value is -0.880. The van der Waals surface area contributed by atoms with Gasteiger partial charge in [0.15, 0.2) is 0 Å². The number of hydrazone groups is 1. The molecule has 0 atom stereocenters. The summed E-state index contributed by atoms with van der Waals surface area (Å²) in [4.78, 5) is 10.6. The topological polar surface area (TPSA) is 50.7 Å². The van der Waals surface area contributed by atoms with Crippen molar-refractivity contribution in [2.24, 2.45) is 5.10 Å². The Kier molecular flexibility index (Phi) is 3.91. The molecule has 0 saturated carbocycles. The molecule has 13 heavy (non-hydrogen) atoms. The third kappa shape index (κ3) is 3.16. The molecule has 0 aliphatic rings. The summed E-state index contributed by atoms with van der Waals surface area (Å²) in [5, 5.41) is 7.51. The molecule has 1 amide bonds. The summed E-state index contributed by atoms with van der Waals surface area (Å²) in [6.45, 7) is 0. The van der Waals surface area contributed by atoms with E-state index in [0.29, 0.717) is 0 Å². The van der Waals surface area contributed by atoms with E-state index in [-0.39, 0.29) is 0 Å². The summed E-state index contributed by atoms with van der Waals surface area (Å²) in [5.74, 6) is 0. The first kappa shape index (κ1) is 10.2. The van der Waals surface area contributed by atoms with Gasteiger partial charge in [-0.1, -0.05) is 0 Å². The van der Waals surface area contributed by atoms with E-state index in [1.165, 1.54) is 13.3 Å². The third-order valence-electron chi connectivity index (χ3n) is 1.19. The Bertz CT molecular complexity index is 324. The normalized spacial score (nSPS) is 10.3. The van der Waals surface area contributed by atoms with Gasteiger partial charge in [0.2, 0.25) is 0 Å². The zero-order valence-corrected chi connectivity index (χ0v) is 9.18. The lowest BCUT2D eigenvalue weighted by molar-refractivity contribution is 0.171. The fourth-order valence-electron chi connectivity index (χ4n) is 0.584. The van der Waals surface area contributed by atoms with Crippen molar-refractivity contribution in [3.05, 3.63) is 20.8 Å². The Labute approximate surface area is 87.7 Å². The van der Waals surface area contributed by atoms with Gasteiger partial charge in [0.05, 0.1) is 13.3 Å². The fraction of sp³-hybridized carbons (Fsp3) is 0.143. The molecule has 0 radical (unpaired) electrons. The predicted octanol–water partition coefficient (Wildman–Crippen LogP) is 2.20. The van der Waals surface area contributed by atoms with Crippen molar-refractivity contribution in [1.29, 1.82) is 0 Å². The molecule has 0 aliphatic carbocycles. The van der Waals surface area contributed by atoms with Crippen LogP contribution in [0.1, 0.15) is 5.56 Å². The van der Waals surface area contributed by atoms with E-state index in [1.54, 1.807) is 11.3 Å². The van der Waals surface area contributed by atoms with Crippen LogP contribution in [-0.4, -0.2) is 19.4 Å². The van der Waals surface area contributed by atoms with Gasteiger partial charge in [-0.2, -0.15) is 16.4 Å². The minimum Gasteiger partial charge on any atom is -0.452 e. The number of ether oxygens (including phenoxy) is 1. The molecule has 1 aromatic rings. The van der Waals surface area contributed by atoms with Gasteiger partial charge in [0.1, 0.15) is 0 Å². The van der Waals surface area contributed by atoms with Crippen LogP contribution in [-0.2, 0) is 4.74 Å². The number of thiophene rings is 1. The number of hydrogen-bond acceptors (Lipinski definition) is 4. The lowest BCUT2D eigenvalue weighted by Crippen LogP contribution is -2.16. The number of nitrogens with zero attached hydrogens (tertiary/aromatic N) is 1. The van der Waals surface area contributed by atoms with Gasteiger partial charge in [-0.3, -0.25) is 0 Å². The number of methoxy groups -OCH3 is 1. The van der Waals surface area contributed by atoms with Crippen LogP contribution < -0.4 is 5.43 Å². The molecule has 0 unspecified atom stereocenters. The highest BCUT2D eigenvalue weighted by molar-refractivity contribution is 9.10. The first-order valence-electron chi connectivity index (χ1n) is 3.32. The third-order valence-corrected chi connectivity index (χ3v) is 2.94. The number of carbonyl (C=O) groups excluding carboxylic acids is 1. The van der Waals surface area contributed by atoms with Crippen molar-refractivity contribution < 1.29 is 9.53 Å². The standard InChI is InChI=1S/C7H7BrN2O2S/c1-12-7(11)10-9-2-5-3-13-4-6(5)8/h2-4H,1H3,(H,10,11)/b9-2+. The number of carbonyl (C=O) groups is 1. The maximum absolute atomic E-state index is 10.6. The number of amides is 1. The van der Waals surface area contributed by atoms with Crippen LogP contribution in [0.5, 0.6) is 0 Å². The second-order valence-corrected chi connectivity index (χ2v) is 3.63. The average molecular weight is 263 g/mol. The molecule has 1 heterocycles. The molecule has 0 aromatic carbocycles. The molecule has 70 valence electrons. The van der Waals surface area contributed by atoms with Crippen molar-refractivity contribution in [1.82, 2.24) is 5.43 Å². The maximum atomic E-state index is 10.6. The number of nitrogens with one attached hydrogen (secondary N) is 1. The van der Waals surface area contributed by atoms with E-state index in [2.05, 4.69) is 31.2 Å². The molecule has 1 aromatic heterocycles. The van der Waals surface area contributed by atoms with E-state index in [1.807, 2.05) is 10.8 Å². The molecule has 6 heteroatoms. The number of halogens is 1. The van der Waals surface area contributed by atoms with E-state index >= 15 is 0 Å². The highest BCUT2D eigenvalue weighted by atomic mass is 79.9. The second kappa shape index (κ2) is 4.98. The van der Waals surface area contributed by atoms with Crippen LogP contribution in [0.25, 0.3) is 0 Å². The molecule has 4 nitrogen and oxygen atoms in total. The second-order valence-electron chi connectivity index (χ2n) is 2.04. The Balaban J connectivity index is 2.50.